The van der Waals surface area contributed by atoms with Crippen molar-refractivity contribution in [3.8, 4) is 0 Å². The van der Waals surface area contributed by atoms with Gasteiger partial charge in [-0.25, -0.2) is 0 Å². The van der Waals surface area contributed by atoms with E-state index < -0.39 is 0 Å². The summed E-state index contributed by atoms with van der Waals surface area (Å²) >= 11 is 0. The Kier molecular flexibility index (Phi) is 5.23. The van der Waals surface area contributed by atoms with Crippen LogP contribution < -0.4 is 5.32 Å². The Morgan fingerprint density at radius 2 is 1.53 bits per heavy atom. The van der Waals surface area contributed by atoms with Gasteiger partial charge in [0.15, 0.2) is 0 Å². The summed E-state index contributed by atoms with van der Waals surface area (Å²) in [7, 11) is 0. The number of nitrogens with zero attached hydrogens (tertiary/aromatic N) is 3. The molecule has 1 N–H and O–H groups in total. The molecule has 0 spiro atoms. The fourth-order valence-electron chi connectivity index (χ4n) is 3.36. The van der Waals surface area contributed by atoms with E-state index in [0.29, 0.717) is 11.6 Å². The molecule has 4 heteroatoms. The lowest BCUT2D eigenvalue weighted by molar-refractivity contribution is 0.0355. The molecule has 2 heterocycles. The lowest BCUT2D eigenvalue weighted by Gasteiger charge is -2.46. The second kappa shape index (κ2) is 6.53. The molecule has 4 nitrogen and oxygen atoms in total. The highest BCUT2D eigenvalue weighted by molar-refractivity contribution is 4.89. The minimum absolute atomic E-state index is 0.308. The molecule has 2 aliphatic rings. The van der Waals surface area contributed by atoms with Gasteiger partial charge in [-0.05, 0) is 27.7 Å². The van der Waals surface area contributed by atoms with Crippen molar-refractivity contribution in [3.05, 3.63) is 0 Å². The van der Waals surface area contributed by atoms with Gasteiger partial charge >= 0.3 is 0 Å². The molecule has 0 aliphatic carbocycles. The molecule has 0 radical (unpaired) electrons. The van der Waals surface area contributed by atoms with Crippen molar-refractivity contribution in [1.29, 1.82) is 0 Å². The fraction of sp³-hybridized carbons (Fsp3) is 1.00. The third-order valence-corrected chi connectivity index (χ3v) is 4.72. The molecule has 0 aromatic rings. The Bertz CT molecular complexity index is 263. The van der Waals surface area contributed by atoms with E-state index in [1.165, 1.54) is 45.8 Å². The van der Waals surface area contributed by atoms with Gasteiger partial charge in [0, 0.05) is 70.5 Å². The van der Waals surface area contributed by atoms with Gasteiger partial charge in [-0.15, -0.1) is 0 Å². The van der Waals surface area contributed by atoms with Crippen LogP contribution in [0.3, 0.4) is 0 Å². The van der Waals surface area contributed by atoms with Gasteiger partial charge < -0.3 is 5.32 Å². The van der Waals surface area contributed by atoms with Gasteiger partial charge in [-0.1, -0.05) is 0 Å². The molecule has 112 valence electrons. The topological polar surface area (TPSA) is 21.8 Å². The van der Waals surface area contributed by atoms with E-state index in [-0.39, 0.29) is 0 Å². The van der Waals surface area contributed by atoms with E-state index in [2.05, 4.69) is 47.7 Å². The van der Waals surface area contributed by atoms with Crippen LogP contribution in [0, 0.1) is 0 Å². The van der Waals surface area contributed by atoms with Gasteiger partial charge in [-0.2, -0.15) is 0 Å². The van der Waals surface area contributed by atoms with E-state index in [0.717, 1.165) is 13.1 Å². The highest BCUT2D eigenvalue weighted by atomic mass is 15.3. The molecule has 19 heavy (non-hydrogen) atoms. The SMILES string of the molecule is CC(C)N1CCN(CC(C)(C)N2CCNCC2)CC1. The highest BCUT2D eigenvalue weighted by Gasteiger charge is 2.31. The summed E-state index contributed by atoms with van der Waals surface area (Å²) in [5, 5.41) is 3.45. The summed E-state index contributed by atoms with van der Waals surface area (Å²) < 4.78 is 0. The summed E-state index contributed by atoms with van der Waals surface area (Å²) in [4.78, 5) is 7.90. The molecule has 2 aliphatic heterocycles. The predicted octanol–water partition coefficient (Wildman–Crippen LogP) is 0.696. The zero-order valence-corrected chi connectivity index (χ0v) is 13.3. The van der Waals surface area contributed by atoms with E-state index in [1.807, 2.05) is 0 Å². The molecule has 0 saturated carbocycles. The quantitative estimate of drug-likeness (QED) is 0.810. The van der Waals surface area contributed by atoms with Crippen molar-refractivity contribution >= 4 is 0 Å². The third-order valence-electron chi connectivity index (χ3n) is 4.72. The first-order valence-corrected chi connectivity index (χ1v) is 7.91. The molecule has 0 unspecified atom stereocenters. The number of rotatable bonds is 4. The molecule has 2 saturated heterocycles. The van der Waals surface area contributed by atoms with Crippen molar-refractivity contribution < 1.29 is 0 Å². The molecule has 0 amide bonds. The van der Waals surface area contributed by atoms with Crippen LogP contribution in [0.15, 0.2) is 0 Å². The average molecular weight is 268 g/mol. The first kappa shape index (κ1) is 15.2. The predicted molar refractivity (Wildman–Crippen MR) is 81.7 cm³/mol. The molecule has 0 bridgehead atoms. The standard InChI is InChI=1S/C15H32N4/c1-14(2)18-11-9-17(10-12-18)13-15(3,4)19-7-5-16-6-8-19/h14,16H,5-13H2,1-4H3. The third kappa shape index (κ3) is 4.15. The Morgan fingerprint density at radius 1 is 0.947 bits per heavy atom. The van der Waals surface area contributed by atoms with Gasteiger partial charge in [0.2, 0.25) is 0 Å². The van der Waals surface area contributed by atoms with Crippen LogP contribution in [0.1, 0.15) is 27.7 Å². The Balaban J connectivity index is 1.80. The average Bonchev–Trinajstić information content (AvgIpc) is 2.40. The Labute approximate surface area is 119 Å². The number of hydrogen-bond acceptors (Lipinski definition) is 4. The smallest absolute Gasteiger partial charge is 0.0281 e. The first-order valence-electron chi connectivity index (χ1n) is 7.91. The fourth-order valence-corrected chi connectivity index (χ4v) is 3.36. The zero-order valence-electron chi connectivity index (χ0n) is 13.3. The van der Waals surface area contributed by atoms with Crippen LogP contribution >= 0.6 is 0 Å². The minimum Gasteiger partial charge on any atom is -0.314 e. The maximum atomic E-state index is 3.45. The van der Waals surface area contributed by atoms with Crippen molar-refractivity contribution in [3.63, 3.8) is 0 Å². The van der Waals surface area contributed by atoms with Crippen LogP contribution in [-0.2, 0) is 0 Å². The largest absolute Gasteiger partial charge is 0.314 e. The summed E-state index contributed by atoms with van der Waals surface area (Å²) in [6, 6.07) is 0.698. The van der Waals surface area contributed by atoms with Crippen LogP contribution in [-0.4, -0.2) is 85.2 Å². The van der Waals surface area contributed by atoms with E-state index in [1.54, 1.807) is 0 Å². The van der Waals surface area contributed by atoms with Crippen molar-refractivity contribution in [2.75, 3.05) is 58.9 Å². The summed E-state index contributed by atoms with van der Waals surface area (Å²) in [6.45, 7) is 20.2. The molecule has 0 aromatic heterocycles. The first-order chi connectivity index (χ1) is 8.99. The van der Waals surface area contributed by atoms with Gasteiger partial charge in [0.1, 0.15) is 0 Å². The Hall–Kier alpha value is -0.160. The number of hydrogen-bond donors (Lipinski definition) is 1. The summed E-state index contributed by atoms with van der Waals surface area (Å²) in [6.07, 6.45) is 0. The van der Waals surface area contributed by atoms with Gasteiger partial charge in [0.05, 0.1) is 0 Å². The highest BCUT2D eigenvalue weighted by Crippen LogP contribution is 2.18. The summed E-state index contributed by atoms with van der Waals surface area (Å²) in [5.41, 5.74) is 0.308. The minimum atomic E-state index is 0.308. The van der Waals surface area contributed by atoms with Crippen LogP contribution in [0.2, 0.25) is 0 Å². The zero-order chi connectivity index (χ0) is 13.9. The second-order valence-electron chi connectivity index (χ2n) is 6.96. The molecule has 0 atom stereocenters. The number of piperazine rings is 2. The van der Waals surface area contributed by atoms with Crippen LogP contribution in [0.25, 0.3) is 0 Å². The monoisotopic (exact) mass is 268 g/mol. The van der Waals surface area contributed by atoms with Crippen LogP contribution in [0.4, 0.5) is 0 Å². The lowest BCUT2D eigenvalue weighted by Crippen LogP contribution is -2.60. The molecule has 2 rings (SSSR count). The summed E-state index contributed by atoms with van der Waals surface area (Å²) in [5.74, 6) is 0. The Morgan fingerprint density at radius 3 is 2.05 bits per heavy atom. The molecular formula is C15H32N4. The van der Waals surface area contributed by atoms with Crippen molar-refractivity contribution in [2.24, 2.45) is 0 Å². The second-order valence-corrected chi connectivity index (χ2v) is 6.96. The lowest BCUT2D eigenvalue weighted by atomic mass is 10.00. The van der Waals surface area contributed by atoms with Crippen molar-refractivity contribution in [1.82, 2.24) is 20.0 Å². The van der Waals surface area contributed by atoms with Gasteiger partial charge in [0.25, 0.3) is 0 Å². The molecular weight excluding hydrogens is 236 g/mol. The van der Waals surface area contributed by atoms with Crippen molar-refractivity contribution in [2.45, 2.75) is 39.3 Å². The normalized spacial score (nSPS) is 25.1. The molecule has 0 aromatic carbocycles. The van der Waals surface area contributed by atoms with E-state index in [4.69, 9.17) is 0 Å². The van der Waals surface area contributed by atoms with Gasteiger partial charge in [-0.3, -0.25) is 14.7 Å². The maximum Gasteiger partial charge on any atom is 0.0281 e. The van der Waals surface area contributed by atoms with Crippen LogP contribution in [0.5, 0.6) is 0 Å². The maximum absolute atomic E-state index is 3.45. The number of nitrogens with one attached hydrogen (secondary N) is 1. The van der Waals surface area contributed by atoms with E-state index in [9.17, 15) is 0 Å². The molecule has 2 fully saturated rings. The van der Waals surface area contributed by atoms with E-state index >= 15 is 0 Å².